The van der Waals surface area contributed by atoms with E-state index < -0.39 is 16.1 Å². The number of hydrogen-bond donors (Lipinski definition) is 3. The minimum absolute atomic E-state index is 0.144. The van der Waals surface area contributed by atoms with Gasteiger partial charge in [0.1, 0.15) is 0 Å². The number of aliphatic hydroxyl groups is 1. The van der Waals surface area contributed by atoms with Crippen molar-refractivity contribution in [2.75, 3.05) is 17.8 Å². The van der Waals surface area contributed by atoms with Gasteiger partial charge in [0, 0.05) is 42.2 Å². The zero-order valence-electron chi connectivity index (χ0n) is 22.1. The van der Waals surface area contributed by atoms with Crippen molar-refractivity contribution >= 4 is 15.7 Å². The first-order valence-corrected chi connectivity index (χ1v) is 14.8. The van der Waals surface area contributed by atoms with Crippen molar-refractivity contribution in [2.24, 2.45) is 0 Å². The predicted molar refractivity (Wildman–Crippen MR) is 151 cm³/mol. The van der Waals surface area contributed by atoms with E-state index in [4.69, 9.17) is 4.52 Å². The van der Waals surface area contributed by atoms with Gasteiger partial charge in [-0.3, -0.25) is 9.71 Å². The fourth-order valence-electron chi connectivity index (χ4n) is 4.08. The number of nitrogens with one attached hydrogen (secondary N) is 2. The van der Waals surface area contributed by atoms with Crippen molar-refractivity contribution in [1.29, 1.82) is 0 Å². The van der Waals surface area contributed by atoms with E-state index in [1.807, 2.05) is 18.2 Å². The second kappa shape index (κ2) is 14.0. The number of benzene rings is 2. The quantitative estimate of drug-likeness (QED) is 0.178. The average molecular weight is 550 g/mol. The monoisotopic (exact) mass is 549 g/mol. The molecule has 1 atom stereocenters. The molecule has 0 fully saturated rings. The van der Waals surface area contributed by atoms with Crippen molar-refractivity contribution in [3.63, 3.8) is 0 Å². The lowest BCUT2D eigenvalue weighted by molar-refractivity contribution is 0.174. The topological polar surface area (TPSA) is 130 Å². The number of rotatable bonds is 15. The number of hydrogen-bond acceptors (Lipinski definition) is 8. The molecule has 3 N–H and O–H groups in total. The van der Waals surface area contributed by atoms with Crippen molar-refractivity contribution in [3.8, 4) is 11.5 Å². The zero-order valence-corrected chi connectivity index (χ0v) is 22.9. The molecule has 0 saturated heterocycles. The third-order valence-electron chi connectivity index (χ3n) is 6.34. The molecule has 4 rings (SSSR count). The van der Waals surface area contributed by atoms with Gasteiger partial charge in [-0.2, -0.15) is 4.98 Å². The lowest BCUT2D eigenvalue weighted by Crippen LogP contribution is -2.23. The number of aryl methyl sites for hydroxylation is 1. The number of pyridine rings is 1. The summed E-state index contributed by atoms with van der Waals surface area (Å²) in [4.78, 5) is 8.60. The molecule has 2 aromatic heterocycles. The van der Waals surface area contributed by atoms with Crippen LogP contribution in [-0.4, -0.2) is 41.7 Å². The van der Waals surface area contributed by atoms with Crippen LogP contribution in [0.4, 0.5) is 5.69 Å². The van der Waals surface area contributed by atoms with Gasteiger partial charge in [0.15, 0.2) is 5.82 Å². The summed E-state index contributed by atoms with van der Waals surface area (Å²) < 4.78 is 33.8. The van der Waals surface area contributed by atoms with Gasteiger partial charge in [-0.1, -0.05) is 49.5 Å². The van der Waals surface area contributed by atoms with Crippen LogP contribution in [0.3, 0.4) is 0 Å². The van der Waals surface area contributed by atoms with Gasteiger partial charge in [0.2, 0.25) is 0 Å². The van der Waals surface area contributed by atoms with Crippen LogP contribution in [0.1, 0.15) is 55.7 Å². The van der Waals surface area contributed by atoms with Gasteiger partial charge in [0.25, 0.3) is 15.9 Å². The Bertz CT molecular complexity index is 1390. The number of unbranched alkanes of at least 4 members (excludes halogenated alkanes) is 3. The van der Waals surface area contributed by atoms with Crippen LogP contribution in [0.2, 0.25) is 0 Å². The summed E-state index contributed by atoms with van der Waals surface area (Å²) in [6.07, 6.45) is 8.74. The SMILES string of the molecule is CCCCCCc1noc(-c2ccc(S(=O)(=O)Nc3ccc(CCNCC(O)c4cccnc4)cc3)cc2)n1. The minimum atomic E-state index is -3.76. The largest absolute Gasteiger partial charge is 0.387 e. The number of nitrogens with zero attached hydrogens (tertiary/aromatic N) is 3. The Labute approximate surface area is 229 Å². The molecule has 0 bridgehead atoms. The Kier molecular flexibility index (Phi) is 10.2. The molecule has 0 amide bonds. The molecule has 0 aliphatic heterocycles. The summed E-state index contributed by atoms with van der Waals surface area (Å²) in [6.45, 7) is 3.27. The first-order valence-electron chi connectivity index (χ1n) is 13.3. The molecule has 1 unspecified atom stereocenters. The Morgan fingerprint density at radius 2 is 1.77 bits per heavy atom. The number of aliphatic hydroxyl groups excluding tert-OH is 1. The fraction of sp³-hybridized carbons (Fsp3) is 0.345. The highest BCUT2D eigenvalue weighted by Gasteiger charge is 2.16. The van der Waals surface area contributed by atoms with E-state index in [2.05, 4.69) is 32.1 Å². The van der Waals surface area contributed by atoms with Gasteiger partial charge < -0.3 is 14.9 Å². The number of sulfonamides is 1. The van der Waals surface area contributed by atoms with Crippen molar-refractivity contribution in [2.45, 2.75) is 56.4 Å². The van der Waals surface area contributed by atoms with Crippen LogP contribution in [0.15, 0.2) is 82.5 Å². The van der Waals surface area contributed by atoms with Crippen LogP contribution in [-0.2, 0) is 22.9 Å². The summed E-state index contributed by atoms with van der Waals surface area (Å²) >= 11 is 0. The van der Waals surface area contributed by atoms with Gasteiger partial charge in [-0.15, -0.1) is 0 Å². The highest BCUT2D eigenvalue weighted by Crippen LogP contribution is 2.22. The van der Waals surface area contributed by atoms with E-state index in [1.165, 1.54) is 25.0 Å². The average Bonchev–Trinajstić information content (AvgIpc) is 3.44. The van der Waals surface area contributed by atoms with E-state index in [0.717, 1.165) is 36.8 Å². The van der Waals surface area contributed by atoms with E-state index in [0.29, 0.717) is 36.1 Å². The molecule has 39 heavy (non-hydrogen) atoms. The molecule has 0 spiro atoms. The van der Waals surface area contributed by atoms with Crippen molar-refractivity contribution < 1.29 is 18.0 Å². The molecule has 2 aromatic carbocycles. The third-order valence-corrected chi connectivity index (χ3v) is 7.73. The van der Waals surface area contributed by atoms with Crippen LogP contribution in [0, 0.1) is 0 Å². The van der Waals surface area contributed by atoms with Gasteiger partial charge >= 0.3 is 0 Å². The van der Waals surface area contributed by atoms with Gasteiger partial charge in [-0.05, 0) is 67.4 Å². The molecular formula is C29H35N5O4S. The van der Waals surface area contributed by atoms with Gasteiger partial charge in [-0.25, -0.2) is 8.42 Å². The minimum Gasteiger partial charge on any atom is -0.387 e. The molecule has 2 heterocycles. The molecule has 0 saturated carbocycles. The van der Waals surface area contributed by atoms with Crippen molar-refractivity contribution in [1.82, 2.24) is 20.4 Å². The smallest absolute Gasteiger partial charge is 0.261 e. The van der Waals surface area contributed by atoms with Crippen LogP contribution in [0.5, 0.6) is 0 Å². The third kappa shape index (κ3) is 8.44. The van der Waals surface area contributed by atoms with Crippen LogP contribution in [0.25, 0.3) is 11.5 Å². The van der Waals surface area contributed by atoms with E-state index in [9.17, 15) is 13.5 Å². The molecule has 4 aromatic rings. The van der Waals surface area contributed by atoms with Crippen LogP contribution < -0.4 is 10.0 Å². The molecule has 206 valence electrons. The lowest BCUT2D eigenvalue weighted by Gasteiger charge is -2.12. The number of anilines is 1. The maximum absolute atomic E-state index is 12.9. The summed E-state index contributed by atoms with van der Waals surface area (Å²) in [5, 5.41) is 17.5. The summed E-state index contributed by atoms with van der Waals surface area (Å²) in [7, 11) is -3.76. The van der Waals surface area contributed by atoms with E-state index in [1.54, 1.807) is 42.7 Å². The Hall–Kier alpha value is -3.60. The summed E-state index contributed by atoms with van der Waals surface area (Å²) in [5.74, 6) is 1.05. The molecule has 9 nitrogen and oxygen atoms in total. The normalized spacial score (nSPS) is 12.4. The second-order valence-corrected chi connectivity index (χ2v) is 11.1. The molecule has 0 aliphatic rings. The molecular weight excluding hydrogens is 514 g/mol. The first kappa shape index (κ1) is 28.4. The molecule has 0 aliphatic carbocycles. The first-order chi connectivity index (χ1) is 18.9. The Morgan fingerprint density at radius 3 is 2.49 bits per heavy atom. The highest BCUT2D eigenvalue weighted by atomic mass is 32.2. The Morgan fingerprint density at radius 1 is 0.974 bits per heavy atom. The van der Waals surface area contributed by atoms with Gasteiger partial charge in [0.05, 0.1) is 11.0 Å². The standard InChI is InChI=1S/C29H35N5O4S/c1-2-3-4-5-8-28-32-29(38-33-28)23-11-15-26(16-12-23)39(36,37)34-25-13-9-22(10-14-25)17-19-31-21-27(35)24-7-6-18-30-20-24/h6-7,9-16,18,20,27,31,34-35H,2-5,8,17,19,21H2,1H3. The van der Waals surface area contributed by atoms with Crippen molar-refractivity contribution in [3.05, 3.63) is 90.0 Å². The maximum Gasteiger partial charge on any atom is 0.261 e. The highest BCUT2D eigenvalue weighted by molar-refractivity contribution is 7.92. The molecule has 10 heteroatoms. The van der Waals surface area contributed by atoms with E-state index in [-0.39, 0.29) is 4.90 Å². The number of aromatic nitrogens is 3. The Balaban J connectivity index is 1.26. The molecule has 0 radical (unpaired) electrons. The predicted octanol–water partition coefficient (Wildman–Crippen LogP) is 4.92. The zero-order chi connectivity index (χ0) is 27.5. The van der Waals surface area contributed by atoms with Crippen LogP contribution >= 0.6 is 0 Å². The second-order valence-electron chi connectivity index (χ2n) is 9.41. The fourth-order valence-corrected chi connectivity index (χ4v) is 5.13. The summed E-state index contributed by atoms with van der Waals surface area (Å²) in [6, 6.07) is 17.3. The summed E-state index contributed by atoms with van der Waals surface area (Å²) in [5.41, 5.74) is 2.97. The van der Waals surface area contributed by atoms with E-state index >= 15 is 0 Å². The maximum atomic E-state index is 12.9. The lowest BCUT2D eigenvalue weighted by atomic mass is 10.1.